The molecule has 1 unspecified atom stereocenters. The van der Waals surface area contributed by atoms with E-state index in [1.807, 2.05) is 31.2 Å². The molecule has 0 bridgehead atoms. The number of sulfonamides is 1. The number of rotatable bonds is 8. The number of aryl methyl sites for hydroxylation is 1. The quantitative estimate of drug-likeness (QED) is 0.511. The van der Waals surface area contributed by atoms with Crippen molar-refractivity contribution in [2.24, 2.45) is 0 Å². The summed E-state index contributed by atoms with van der Waals surface area (Å²) in [4.78, 5) is 18.5. The van der Waals surface area contributed by atoms with Gasteiger partial charge in [-0.2, -0.15) is 4.98 Å². The third-order valence-electron chi connectivity index (χ3n) is 4.88. The highest BCUT2D eigenvalue weighted by molar-refractivity contribution is 7.92. The Morgan fingerprint density at radius 2 is 1.72 bits per heavy atom. The van der Waals surface area contributed by atoms with E-state index in [0.717, 1.165) is 21.7 Å². The molecule has 0 radical (unpaired) electrons. The minimum Gasteiger partial charge on any atom is -0.481 e. The zero-order valence-corrected chi connectivity index (χ0v) is 19.5. The van der Waals surface area contributed by atoms with Crippen LogP contribution in [0.1, 0.15) is 18.4 Å². The summed E-state index contributed by atoms with van der Waals surface area (Å²) in [5, 5.41) is 3.98. The number of anilines is 1. The summed E-state index contributed by atoms with van der Waals surface area (Å²) in [6.45, 7) is 3.78. The lowest BCUT2D eigenvalue weighted by atomic mass is 10.1. The molecule has 0 aliphatic carbocycles. The van der Waals surface area contributed by atoms with E-state index in [0.29, 0.717) is 23.2 Å². The van der Waals surface area contributed by atoms with Gasteiger partial charge in [0.25, 0.3) is 5.91 Å². The molecule has 1 heterocycles. The van der Waals surface area contributed by atoms with Gasteiger partial charge in [0.1, 0.15) is 5.75 Å². The van der Waals surface area contributed by atoms with Crippen molar-refractivity contribution in [1.29, 1.82) is 0 Å². The maximum atomic E-state index is 12.7. The number of ether oxygens (including phenoxy) is 1. The first-order valence-electron chi connectivity index (χ1n) is 9.90. The Morgan fingerprint density at radius 1 is 1.09 bits per heavy atom. The number of amides is 1. The van der Waals surface area contributed by atoms with E-state index >= 15 is 0 Å². The number of benzene rings is 2. The standard InChI is InChI=1S/C22H26N4O5S/c1-15-6-8-17(9-7-15)21-23-20(31-24-21)14-25(3)22(27)16(2)30-19-12-10-18(11-13-19)26(4)32(5,28)29/h6-13,16H,14H2,1-5H3. The van der Waals surface area contributed by atoms with Gasteiger partial charge in [-0.15, -0.1) is 0 Å². The lowest BCUT2D eigenvalue weighted by Gasteiger charge is -2.21. The van der Waals surface area contributed by atoms with Crippen molar-refractivity contribution in [2.75, 3.05) is 24.7 Å². The second-order valence-corrected chi connectivity index (χ2v) is 9.57. The molecule has 0 saturated heterocycles. The van der Waals surface area contributed by atoms with E-state index in [1.165, 1.54) is 11.9 Å². The SMILES string of the molecule is Cc1ccc(-c2noc(CN(C)C(=O)C(C)Oc3ccc(N(C)S(C)(=O)=O)cc3)n2)cc1. The van der Waals surface area contributed by atoms with Gasteiger partial charge in [0.15, 0.2) is 6.10 Å². The number of hydrogen-bond acceptors (Lipinski definition) is 7. The molecule has 1 aromatic heterocycles. The van der Waals surface area contributed by atoms with Crippen LogP contribution in [0.25, 0.3) is 11.4 Å². The Hall–Kier alpha value is -3.40. The molecule has 10 heteroatoms. The summed E-state index contributed by atoms with van der Waals surface area (Å²) in [6.07, 6.45) is 0.360. The number of carbonyl (C=O) groups is 1. The maximum absolute atomic E-state index is 12.7. The van der Waals surface area contributed by atoms with Crippen LogP contribution >= 0.6 is 0 Å². The highest BCUT2D eigenvalue weighted by Gasteiger charge is 2.22. The minimum atomic E-state index is -3.35. The normalized spacial score (nSPS) is 12.3. The van der Waals surface area contributed by atoms with Crippen LogP contribution in [0.4, 0.5) is 5.69 Å². The van der Waals surface area contributed by atoms with Crippen LogP contribution in [-0.2, 0) is 21.4 Å². The summed E-state index contributed by atoms with van der Waals surface area (Å²) in [7, 11) is -0.259. The number of likely N-dealkylation sites (N-methyl/N-ethyl adjacent to an activating group) is 1. The maximum Gasteiger partial charge on any atom is 0.263 e. The molecular weight excluding hydrogens is 432 g/mol. The zero-order valence-electron chi connectivity index (χ0n) is 18.6. The smallest absolute Gasteiger partial charge is 0.263 e. The van der Waals surface area contributed by atoms with Crippen LogP contribution in [0.2, 0.25) is 0 Å². The fraction of sp³-hybridized carbons (Fsp3) is 0.318. The molecular formula is C22H26N4O5S. The predicted molar refractivity (Wildman–Crippen MR) is 121 cm³/mol. The number of hydrogen-bond donors (Lipinski definition) is 0. The third kappa shape index (κ3) is 5.64. The number of aromatic nitrogens is 2. The monoisotopic (exact) mass is 458 g/mol. The number of nitrogens with zero attached hydrogens (tertiary/aromatic N) is 4. The van der Waals surface area contributed by atoms with E-state index in [1.54, 1.807) is 38.2 Å². The molecule has 170 valence electrons. The molecule has 0 N–H and O–H groups in total. The van der Waals surface area contributed by atoms with Crippen molar-refractivity contribution in [3.05, 3.63) is 60.0 Å². The molecule has 1 atom stereocenters. The summed E-state index contributed by atoms with van der Waals surface area (Å²) in [6, 6.07) is 14.2. The molecule has 0 aliphatic heterocycles. The molecule has 32 heavy (non-hydrogen) atoms. The van der Waals surface area contributed by atoms with Crippen LogP contribution in [0, 0.1) is 6.92 Å². The van der Waals surface area contributed by atoms with Crippen molar-refractivity contribution in [2.45, 2.75) is 26.5 Å². The Morgan fingerprint density at radius 3 is 2.31 bits per heavy atom. The predicted octanol–water partition coefficient (Wildman–Crippen LogP) is 2.87. The lowest BCUT2D eigenvalue weighted by Crippen LogP contribution is -2.37. The van der Waals surface area contributed by atoms with Crippen molar-refractivity contribution in [3.63, 3.8) is 0 Å². The van der Waals surface area contributed by atoms with Crippen LogP contribution in [0.5, 0.6) is 5.75 Å². The Labute approximate surface area is 187 Å². The van der Waals surface area contributed by atoms with Gasteiger partial charge in [-0.1, -0.05) is 35.0 Å². The Kier molecular flexibility index (Phi) is 6.83. The fourth-order valence-electron chi connectivity index (χ4n) is 2.91. The van der Waals surface area contributed by atoms with Crippen LogP contribution < -0.4 is 9.04 Å². The van der Waals surface area contributed by atoms with E-state index in [4.69, 9.17) is 9.26 Å². The summed E-state index contributed by atoms with van der Waals surface area (Å²) >= 11 is 0. The van der Waals surface area contributed by atoms with Gasteiger partial charge < -0.3 is 14.2 Å². The van der Waals surface area contributed by atoms with Crippen LogP contribution in [0.15, 0.2) is 53.1 Å². The van der Waals surface area contributed by atoms with Gasteiger partial charge in [0.05, 0.1) is 18.5 Å². The topological polar surface area (TPSA) is 106 Å². The highest BCUT2D eigenvalue weighted by Crippen LogP contribution is 2.22. The van der Waals surface area contributed by atoms with E-state index < -0.39 is 16.1 Å². The average molecular weight is 459 g/mol. The summed E-state index contributed by atoms with van der Waals surface area (Å²) in [5.41, 5.74) is 2.46. The molecule has 0 saturated carbocycles. The first kappa shape index (κ1) is 23.3. The zero-order chi connectivity index (χ0) is 23.5. The van der Waals surface area contributed by atoms with E-state index in [-0.39, 0.29) is 12.5 Å². The molecule has 3 aromatic rings. The van der Waals surface area contributed by atoms with Gasteiger partial charge in [-0.3, -0.25) is 9.10 Å². The van der Waals surface area contributed by atoms with Gasteiger partial charge >= 0.3 is 0 Å². The van der Waals surface area contributed by atoms with Crippen molar-refractivity contribution < 1.29 is 22.5 Å². The fourth-order valence-corrected chi connectivity index (χ4v) is 3.42. The second kappa shape index (κ2) is 9.39. The number of carbonyl (C=O) groups excluding carboxylic acids is 1. The molecule has 0 fully saturated rings. The lowest BCUT2D eigenvalue weighted by molar-refractivity contribution is -0.137. The van der Waals surface area contributed by atoms with E-state index in [2.05, 4.69) is 10.1 Å². The van der Waals surface area contributed by atoms with Gasteiger partial charge in [0.2, 0.25) is 21.7 Å². The largest absolute Gasteiger partial charge is 0.481 e. The first-order chi connectivity index (χ1) is 15.0. The van der Waals surface area contributed by atoms with Gasteiger partial charge in [-0.25, -0.2) is 8.42 Å². The van der Waals surface area contributed by atoms with Crippen molar-refractivity contribution >= 4 is 21.6 Å². The molecule has 0 spiro atoms. The third-order valence-corrected chi connectivity index (χ3v) is 6.09. The van der Waals surface area contributed by atoms with Crippen LogP contribution in [0.3, 0.4) is 0 Å². The molecule has 0 aliphatic rings. The van der Waals surface area contributed by atoms with Gasteiger partial charge in [-0.05, 0) is 38.1 Å². The summed E-state index contributed by atoms with van der Waals surface area (Å²) < 4.78 is 35.4. The Balaban J connectivity index is 1.59. The molecule has 3 rings (SSSR count). The molecule has 2 aromatic carbocycles. The van der Waals surface area contributed by atoms with E-state index in [9.17, 15) is 13.2 Å². The molecule has 9 nitrogen and oxygen atoms in total. The summed E-state index contributed by atoms with van der Waals surface area (Å²) in [5.74, 6) is 0.961. The Bertz CT molecular complexity index is 1170. The first-order valence-corrected chi connectivity index (χ1v) is 11.7. The van der Waals surface area contributed by atoms with Crippen molar-refractivity contribution in [1.82, 2.24) is 15.0 Å². The van der Waals surface area contributed by atoms with Crippen molar-refractivity contribution in [3.8, 4) is 17.1 Å². The van der Waals surface area contributed by atoms with Crippen LogP contribution in [-0.4, -0.2) is 55.8 Å². The van der Waals surface area contributed by atoms with Gasteiger partial charge in [0, 0.05) is 19.7 Å². The average Bonchev–Trinajstić information content (AvgIpc) is 3.21. The minimum absolute atomic E-state index is 0.142. The second-order valence-electron chi connectivity index (χ2n) is 7.56. The molecule has 1 amide bonds. The highest BCUT2D eigenvalue weighted by atomic mass is 32.2.